The van der Waals surface area contributed by atoms with E-state index >= 15 is 0 Å². The normalized spacial score (nSPS) is 18.0. The van der Waals surface area contributed by atoms with Crippen LogP contribution in [0.1, 0.15) is 27.0 Å². The standard InChI is InChI=1S/C25H23N3O3/c1-26-22(29)20-12-8-11-19(15-20)17-28-23(30)25(27-24(28)31,21-13-6-3-7-14-21)16-18-9-4-2-5-10-18/h2-15H,16-17H2,1H3,(H,26,29)(H,27,31). The van der Waals surface area contributed by atoms with E-state index in [1.165, 1.54) is 4.90 Å². The Bertz CT molecular complexity index is 1120. The molecule has 6 heteroatoms. The number of carbonyl (C=O) groups is 3. The zero-order valence-electron chi connectivity index (χ0n) is 17.2. The van der Waals surface area contributed by atoms with Gasteiger partial charge in [0, 0.05) is 19.0 Å². The number of carbonyl (C=O) groups excluding carboxylic acids is 3. The molecule has 1 aliphatic rings. The zero-order chi connectivity index (χ0) is 21.8. The van der Waals surface area contributed by atoms with E-state index in [9.17, 15) is 14.4 Å². The summed E-state index contributed by atoms with van der Waals surface area (Å²) in [7, 11) is 1.56. The molecule has 0 radical (unpaired) electrons. The lowest BCUT2D eigenvalue weighted by Gasteiger charge is -2.27. The monoisotopic (exact) mass is 413 g/mol. The van der Waals surface area contributed by atoms with Crippen LogP contribution >= 0.6 is 0 Å². The van der Waals surface area contributed by atoms with Gasteiger partial charge in [-0.05, 0) is 28.8 Å². The molecule has 4 amide bonds. The zero-order valence-corrected chi connectivity index (χ0v) is 17.2. The van der Waals surface area contributed by atoms with Crippen molar-refractivity contribution in [2.24, 2.45) is 0 Å². The van der Waals surface area contributed by atoms with Crippen LogP contribution in [0.5, 0.6) is 0 Å². The number of hydrogen-bond acceptors (Lipinski definition) is 3. The molecule has 0 saturated carbocycles. The molecule has 1 atom stereocenters. The Morgan fingerprint density at radius 1 is 0.903 bits per heavy atom. The summed E-state index contributed by atoms with van der Waals surface area (Å²) in [5.74, 6) is -0.528. The molecule has 1 unspecified atom stereocenters. The van der Waals surface area contributed by atoms with E-state index in [2.05, 4.69) is 10.6 Å². The van der Waals surface area contributed by atoms with Crippen molar-refractivity contribution < 1.29 is 14.4 Å². The quantitative estimate of drug-likeness (QED) is 0.609. The second kappa shape index (κ2) is 8.44. The summed E-state index contributed by atoms with van der Waals surface area (Å²) in [6.07, 6.45) is 0.344. The van der Waals surface area contributed by atoms with Gasteiger partial charge in [0.1, 0.15) is 0 Å². The topological polar surface area (TPSA) is 78.5 Å². The van der Waals surface area contributed by atoms with Crippen molar-refractivity contribution in [3.05, 3.63) is 107 Å². The van der Waals surface area contributed by atoms with Crippen LogP contribution in [0.2, 0.25) is 0 Å². The van der Waals surface area contributed by atoms with Crippen LogP contribution < -0.4 is 10.6 Å². The molecule has 1 aliphatic heterocycles. The van der Waals surface area contributed by atoms with Crippen molar-refractivity contribution in [2.75, 3.05) is 7.05 Å². The van der Waals surface area contributed by atoms with Gasteiger partial charge >= 0.3 is 6.03 Å². The van der Waals surface area contributed by atoms with Gasteiger partial charge in [0.05, 0.1) is 6.54 Å². The largest absolute Gasteiger partial charge is 0.355 e. The molecule has 6 nitrogen and oxygen atoms in total. The minimum Gasteiger partial charge on any atom is -0.355 e. The summed E-state index contributed by atoms with van der Waals surface area (Å²) >= 11 is 0. The lowest BCUT2D eigenvalue weighted by atomic mass is 9.83. The Morgan fingerprint density at radius 3 is 2.23 bits per heavy atom. The number of hydrogen-bond donors (Lipinski definition) is 2. The van der Waals surface area contributed by atoms with E-state index in [1.54, 1.807) is 31.3 Å². The van der Waals surface area contributed by atoms with Gasteiger partial charge in [0.25, 0.3) is 11.8 Å². The Balaban J connectivity index is 1.69. The van der Waals surface area contributed by atoms with Gasteiger partial charge in [0.15, 0.2) is 5.54 Å². The Kier molecular flexibility index (Phi) is 5.54. The van der Waals surface area contributed by atoms with Crippen LogP contribution in [0, 0.1) is 0 Å². The third kappa shape index (κ3) is 3.92. The Hall–Kier alpha value is -3.93. The van der Waals surface area contributed by atoms with Gasteiger partial charge in [0.2, 0.25) is 0 Å². The van der Waals surface area contributed by atoms with E-state index in [1.807, 2.05) is 60.7 Å². The number of nitrogens with zero attached hydrogens (tertiary/aromatic N) is 1. The van der Waals surface area contributed by atoms with E-state index in [0.717, 1.165) is 11.1 Å². The SMILES string of the molecule is CNC(=O)c1cccc(CN2C(=O)NC(Cc3ccccc3)(c3ccccc3)C2=O)c1. The predicted octanol–water partition coefficient (Wildman–Crippen LogP) is 3.24. The second-order valence-corrected chi connectivity index (χ2v) is 7.53. The highest BCUT2D eigenvalue weighted by Gasteiger charge is 2.52. The highest BCUT2D eigenvalue weighted by molar-refractivity contribution is 6.07. The van der Waals surface area contributed by atoms with Crippen molar-refractivity contribution >= 4 is 17.8 Å². The fourth-order valence-electron chi connectivity index (χ4n) is 3.95. The molecular formula is C25H23N3O3. The maximum Gasteiger partial charge on any atom is 0.325 e. The van der Waals surface area contributed by atoms with Gasteiger partial charge in [-0.3, -0.25) is 14.5 Å². The molecule has 2 N–H and O–H groups in total. The second-order valence-electron chi connectivity index (χ2n) is 7.53. The van der Waals surface area contributed by atoms with Crippen LogP contribution in [0.3, 0.4) is 0 Å². The van der Waals surface area contributed by atoms with E-state index in [-0.39, 0.29) is 18.4 Å². The van der Waals surface area contributed by atoms with Gasteiger partial charge in [-0.2, -0.15) is 0 Å². The molecule has 1 fully saturated rings. The summed E-state index contributed by atoms with van der Waals surface area (Å²) in [6.45, 7) is 0.0822. The highest BCUT2D eigenvalue weighted by Crippen LogP contribution is 2.33. The van der Waals surface area contributed by atoms with E-state index in [0.29, 0.717) is 17.5 Å². The number of nitrogens with one attached hydrogen (secondary N) is 2. The summed E-state index contributed by atoms with van der Waals surface area (Å²) in [5.41, 5.74) is 1.68. The number of rotatable bonds is 6. The predicted molar refractivity (Wildman–Crippen MR) is 117 cm³/mol. The van der Waals surface area contributed by atoms with Crippen LogP contribution in [-0.4, -0.2) is 29.8 Å². The summed E-state index contributed by atoms with van der Waals surface area (Å²) in [6, 6.07) is 25.4. The average Bonchev–Trinajstić information content (AvgIpc) is 3.05. The lowest BCUT2D eigenvalue weighted by molar-refractivity contribution is -0.132. The van der Waals surface area contributed by atoms with Crippen molar-refractivity contribution in [1.82, 2.24) is 15.5 Å². The smallest absolute Gasteiger partial charge is 0.325 e. The molecule has 1 heterocycles. The van der Waals surface area contributed by atoms with Crippen LogP contribution in [0.25, 0.3) is 0 Å². The molecule has 3 aromatic carbocycles. The molecule has 0 bridgehead atoms. The first-order valence-corrected chi connectivity index (χ1v) is 10.1. The fourth-order valence-corrected chi connectivity index (χ4v) is 3.95. The molecule has 1 saturated heterocycles. The average molecular weight is 413 g/mol. The van der Waals surface area contributed by atoms with Crippen LogP contribution in [0.4, 0.5) is 4.79 Å². The number of benzene rings is 3. The first-order valence-electron chi connectivity index (χ1n) is 10.1. The first-order chi connectivity index (χ1) is 15.0. The summed E-state index contributed by atoms with van der Waals surface area (Å²) in [5, 5.41) is 5.54. The van der Waals surface area contributed by atoms with Gasteiger partial charge in [-0.15, -0.1) is 0 Å². The number of amides is 4. The minimum absolute atomic E-state index is 0.0822. The Labute approximate surface area is 180 Å². The maximum atomic E-state index is 13.7. The number of urea groups is 1. The molecule has 31 heavy (non-hydrogen) atoms. The van der Waals surface area contributed by atoms with Crippen LogP contribution in [0.15, 0.2) is 84.9 Å². The molecular weight excluding hydrogens is 390 g/mol. The van der Waals surface area contributed by atoms with E-state index < -0.39 is 11.6 Å². The third-order valence-electron chi connectivity index (χ3n) is 5.51. The van der Waals surface area contributed by atoms with Crippen molar-refractivity contribution in [3.8, 4) is 0 Å². The number of imide groups is 1. The Morgan fingerprint density at radius 2 is 1.55 bits per heavy atom. The van der Waals surface area contributed by atoms with Crippen LogP contribution in [-0.2, 0) is 23.3 Å². The van der Waals surface area contributed by atoms with Crippen molar-refractivity contribution in [1.29, 1.82) is 0 Å². The van der Waals surface area contributed by atoms with Crippen molar-refractivity contribution in [3.63, 3.8) is 0 Å². The summed E-state index contributed by atoms with van der Waals surface area (Å²) in [4.78, 5) is 39.8. The summed E-state index contributed by atoms with van der Waals surface area (Å²) < 4.78 is 0. The van der Waals surface area contributed by atoms with E-state index in [4.69, 9.17) is 0 Å². The minimum atomic E-state index is -1.18. The molecule has 4 rings (SSSR count). The highest BCUT2D eigenvalue weighted by atomic mass is 16.2. The maximum absolute atomic E-state index is 13.7. The molecule has 0 spiro atoms. The van der Waals surface area contributed by atoms with Gasteiger partial charge in [-0.25, -0.2) is 4.79 Å². The van der Waals surface area contributed by atoms with Crippen molar-refractivity contribution in [2.45, 2.75) is 18.5 Å². The lowest BCUT2D eigenvalue weighted by Crippen LogP contribution is -2.46. The fraction of sp³-hybridized carbons (Fsp3) is 0.160. The molecule has 0 aliphatic carbocycles. The third-order valence-corrected chi connectivity index (χ3v) is 5.51. The molecule has 156 valence electrons. The van der Waals surface area contributed by atoms with Gasteiger partial charge < -0.3 is 10.6 Å². The van der Waals surface area contributed by atoms with Gasteiger partial charge in [-0.1, -0.05) is 72.8 Å². The first kappa shape index (κ1) is 20.3. The molecule has 3 aromatic rings. The molecule has 0 aromatic heterocycles.